The van der Waals surface area contributed by atoms with Gasteiger partial charge in [-0.25, -0.2) is 0 Å². The van der Waals surface area contributed by atoms with Gasteiger partial charge in [0.1, 0.15) is 0 Å². The molecule has 2 aromatic rings. The number of aliphatic hydroxyl groups is 1. The van der Waals surface area contributed by atoms with Gasteiger partial charge < -0.3 is 15.3 Å². The Morgan fingerprint density at radius 3 is 2.23 bits per heavy atom. The lowest BCUT2D eigenvalue weighted by atomic mass is 9.95. The Morgan fingerprint density at radius 1 is 0.923 bits per heavy atom. The van der Waals surface area contributed by atoms with Gasteiger partial charge in [-0.2, -0.15) is 0 Å². The number of hydrogen-bond acceptors (Lipinski definition) is 5. The predicted octanol–water partition coefficient (Wildman–Crippen LogP) is 2.30. The van der Waals surface area contributed by atoms with Gasteiger partial charge >= 0.3 is 0 Å². The summed E-state index contributed by atoms with van der Waals surface area (Å²) in [5.74, 6) is -0.156. The maximum Gasteiger partial charge on any atom is 0.157 e. The zero-order valence-corrected chi connectivity index (χ0v) is 15.3. The molecule has 0 spiro atoms. The van der Waals surface area contributed by atoms with Gasteiger partial charge in [-0.3, -0.25) is 9.80 Å². The molecule has 1 fully saturated rings. The van der Waals surface area contributed by atoms with Gasteiger partial charge in [-0.15, -0.1) is 0 Å². The van der Waals surface area contributed by atoms with Crippen molar-refractivity contribution in [2.75, 3.05) is 39.3 Å². The Labute approximate surface area is 155 Å². The van der Waals surface area contributed by atoms with Crippen LogP contribution in [0.1, 0.15) is 22.7 Å². The first-order chi connectivity index (χ1) is 12.6. The van der Waals surface area contributed by atoms with Crippen molar-refractivity contribution in [2.45, 2.75) is 19.4 Å². The molecule has 1 aliphatic heterocycles. The second kappa shape index (κ2) is 8.54. The number of hydrogen-bond donors (Lipinski definition) is 3. The molecule has 1 aliphatic rings. The lowest BCUT2D eigenvalue weighted by Gasteiger charge is -2.39. The molecule has 0 amide bonds. The van der Waals surface area contributed by atoms with Gasteiger partial charge in [0.05, 0.1) is 6.61 Å². The molecule has 1 atom stereocenters. The first kappa shape index (κ1) is 18.7. The Morgan fingerprint density at radius 2 is 1.62 bits per heavy atom. The average molecular weight is 356 g/mol. The van der Waals surface area contributed by atoms with Gasteiger partial charge in [0.15, 0.2) is 11.5 Å². The Balaban J connectivity index is 1.80. The number of piperazine rings is 1. The number of phenolic OH excluding ortho intramolecular Hbond substituents is 2. The van der Waals surface area contributed by atoms with Crippen LogP contribution in [0.2, 0.25) is 0 Å². The molecule has 0 aromatic heterocycles. The van der Waals surface area contributed by atoms with E-state index < -0.39 is 0 Å². The molecule has 0 bridgehead atoms. The molecular weight excluding hydrogens is 328 g/mol. The second-order valence-electron chi connectivity index (χ2n) is 7.05. The number of aryl methyl sites for hydroxylation is 1. The van der Waals surface area contributed by atoms with Crippen molar-refractivity contribution >= 4 is 0 Å². The summed E-state index contributed by atoms with van der Waals surface area (Å²) < 4.78 is 0. The summed E-state index contributed by atoms with van der Waals surface area (Å²) in [7, 11) is 0. The topological polar surface area (TPSA) is 67.2 Å². The SMILES string of the molecule is Cc1ccc(C(Cc2ccc(O)c(O)c2)N2CCN(CCO)CC2)cc1. The summed E-state index contributed by atoms with van der Waals surface area (Å²) in [6.45, 7) is 6.81. The molecule has 0 radical (unpaired) electrons. The number of nitrogens with zero attached hydrogens (tertiary/aromatic N) is 2. The number of β-amino-alcohol motifs (C(OH)–C–C–N with tert-alkyl or cyclic N) is 1. The van der Waals surface area contributed by atoms with E-state index in [9.17, 15) is 10.2 Å². The molecule has 3 N–H and O–H groups in total. The fraction of sp³-hybridized carbons (Fsp3) is 0.429. The van der Waals surface area contributed by atoms with E-state index >= 15 is 0 Å². The number of aromatic hydroxyl groups is 2. The summed E-state index contributed by atoms with van der Waals surface area (Å²) in [5.41, 5.74) is 3.50. The average Bonchev–Trinajstić information content (AvgIpc) is 2.65. The van der Waals surface area contributed by atoms with Gasteiger partial charge in [0, 0.05) is 38.8 Å². The van der Waals surface area contributed by atoms with E-state index in [2.05, 4.69) is 41.0 Å². The minimum Gasteiger partial charge on any atom is -0.504 e. The monoisotopic (exact) mass is 356 g/mol. The summed E-state index contributed by atoms with van der Waals surface area (Å²) in [6, 6.07) is 13.9. The van der Waals surface area contributed by atoms with Crippen molar-refractivity contribution < 1.29 is 15.3 Å². The fourth-order valence-electron chi connectivity index (χ4n) is 3.61. The first-order valence-corrected chi connectivity index (χ1v) is 9.21. The Hall–Kier alpha value is -2.08. The number of rotatable bonds is 6. The zero-order chi connectivity index (χ0) is 18.5. The van der Waals surface area contributed by atoms with Crippen LogP contribution in [0, 0.1) is 6.92 Å². The van der Waals surface area contributed by atoms with Crippen molar-refractivity contribution in [3.05, 3.63) is 59.2 Å². The molecule has 140 valence electrons. The van der Waals surface area contributed by atoms with Crippen molar-refractivity contribution in [1.82, 2.24) is 9.80 Å². The third-order valence-corrected chi connectivity index (χ3v) is 5.19. The Bertz CT molecular complexity index is 710. The highest BCUT2D eigenvalue weighted by Gasteiger charge is 2.25. The number of aliphatic hydroxyl groups excluding tert-OH is 1. The molecule has 0 saturated carbocycles. The molecule has 2 aromatic carbocycles. The number of benzene rings is 2. The molecule has 0 aliphatic carbocycles. The van der Waals surface area contributed by atoms with E-state index in [0.29, 0.717) is 0 Å². The quantitative estimate of drug-likeness (QED) is 0.693. The fourth-order valence-corrected chi connectivity index (χ4v) is 3.61. The van der Waals surface area contributed by atoms with Crippen LogP contribution in [0.4, 0.5) is 0 Å². The first-order valence-electron chi connectivity index (χ1n) is 9.21. The molecule has 26 heavy (non-hydrogen) atoms. The van der Waals surface area contributed by atoms with Crippen LogP contribution in [0.3, 0.4) is 0 Å². The maximum atomic E-state index is 9.83. The van der Waals surface area contributed by atoms with E-state index in [1.54, 1.807) is 12.1 Å². The summed E-state index contributed by atoms with van der Waals surface area (Å²) in [5, 5.41) is 28.5. The second-order valence-corrected chi connectivity index (χ2v) is 7.05. The third kappa shape index (κ3) is 4.55. The predicted molar refractivity (Wildman–Crippen MR) is 102 cm³/mol. The Kier molecular flexibility index (Phi) is 6.14. The zero-order valence-electron chi connectivity index (χ0n) is 15.3. The van der Waals surface area contributed by atoms with Gasteiger partial charge in [0.2, 0.25) is 0 Å². The summed E-state index contributed by atoms with van der Waals surface area (Å²) in [4.78, 5) is 4.76. The molecule has 1 saturated heterocycles. The highest BCUT2D eigenvalue weighted by atomic mass is 16.3. The van der Waals surface area contributed by atoms with E-state index in [0.717, 1.165) is 44.7 Å². The third-order valence-electron chi connectivity index (χ3n) is 5.19. The van der Waals surface area contributed by atoms with Crippen LogP contribution < -0.4 is 0 Å². The van der Waals surface area contributed by atoms with Crippen LogP contribution >= 0.6 is 0 Å². The van der Waals surface area contributed by atoms with Crippen LogP contribution in [-0.2, 0) is 6.42 Å². The van der Waals surface area contributed by atoms with Crippen molar-refractivity contribution in [3.63, 3.8) is 0 Å². The highest BCUT2D eigenvalue weighted by molar-refractivity contribution is 5.41. The number of phenols is 2. The maximum absolute atomic E-state index is 9.83. The largest absolute Gasteiger partial charge is 0.504 e. The normalized spacial score (nSPS) is 17.3. The lowest BCUT2D eigenvalue weighted by molar-refractivity contribution is 0.0831. The molecule has 3 rings (SSSR count). The van der Waals surface area contributed by atoms with Crippen molar-refractivity contribution in [3.8, 4) is 11.5 Å². The minimum atomic E-state index is -0.0850. The van der Waals surface area contributed by atoms with E-state index in [-0.39, 0.29) is 24.1 Å². The van der Waals surface area contributed by atoms with Crippen LogP contribution in [0.25, 0.3) is 0 Å². The minimum absolute atomic E-state index is 0.0714. The molecule has 5 nitrogen and oxygen atoms in total. The van der Waals surface area contributed by atoms with E-state index in [4.69, 9.17) is 5.11 Å². The van der Waals surface area contributed by atoms with Crippen molar-refractivity contribution in [2.24, 2.45) is 0 Å². The highest BCUT2D eigenvalue weighted by Crippen LogP contribution is 2.30. The summed E-state index contributed by atoms with van der Waals surface area (Å²) >= 11 is 0. The van der Waals surface area contributed by atoms with Gasteiger partial charge in [0.25, 0.3) is 0 Å². The standard InChI is InChI=1S/C21H28N2O3/c1-16-2-5-18(6-3-16)19(14-17-4-7-20(25)21(26)15-17)23-10-8-22(9-11-23)12-13-24/h2-7,15,19,24-26H,8-14H2,1H3. The van der Waals surface area contributed by atoms with E-state index in [1.807, 2.05) is 6.07 Å². The van der Waals surface area contributed by atoms with Gasteiger partial charge in [-0.1, -0.05) is 35.9 Å². The smallest absolute Gasteiger partial charge is 0.157 e. The molecule has 1 heterocycles. The molecule has 5 heteroatoms. The molecular formula is C21H28N2O3. The summed E-state index contributed by atoms with van der Waals surface area (Å²) in [6.07, 6.45) is 0.775. The van der Waals surface area contributed by atoms with Crippen LogP contribution in [0.5, 0.6) is 11.5 Å². The van der Waals surface area contributed by atoms with Crippen LogP contribution in [-0.4, -0.2) is 64.5 Å². The van der Waals surface area contributed by atoms with Gasteiger partial charge in [-0.05, 0) is 36.6 Å². The van der Waals surface area contributed by atoms with E-state index in [1.165, 1.54) is 11.1 Å². The molecule has 1 unspecified atom stereocenters. The van der Waals surface area contributed by atoms with Crippen molar-refractivity contribution in [1.29, 1.82) is 0 Å². The lowest BCUT2D eigenvalue weighted by Crippen LogP contribution is -2.48. The van der Waals surface area contributed by atoms with Crippen LogP contribution in [0.15, 0.2) is 42.5 Å².